The van der Waals surface area contributed by atoms with Gasteiger partial charge in [0.2, 0.25) is 5.89 Å². The van der Waals surface area contributed by atoms with Gasteiger partial charge < -0.3 is 10.3 Å². The van der Waals surface area contributed by atoms with Crippen LogP contribution in [0.15, 0.2) is 28.8 Å². The van der Waals surface area contributed by atoms with Crippen LogP contribution in [0.3, 0.4) is 0 Å². The third-order valence-electron chi connectivity index (χ3n) is 4.12. The molecule has 1 aromatic carbocycles. The highest BCUT2D eigenvalue weighted by molar-refractivity contribution is 5.43. The lowest BCUT2D eigenvalue weighted by Crippen LogP contribution is -2.21. The summed E-state index contributed by atoms with van der Waals surface area (Å²) in [6.45, 7) is 7.15. The number of fused-ring (bicyclic) bond motifs is 1. The quantitative estimate of drug-likeness (QED) is 0.936. The molecule has 4 nitrogen and oxygen atoms in total. The zero-order valence-electron chi connectivity index (χ0n) is 13.0. The van der Waals surface area contributed by atoms with Gasteiger partial charge in [-0.25, -0.2) is 0 Å². The zero-order valence-corrected chi connectivity index (χ0v) is 13.0. The average molecular weight is 285 g/mol. The van der Waals surface area contributed by atoms with E-state index < -0.39 is 0 Å². The fraction of sp³-hybridized carbons (Fsp3) is 0.529. The standard InChI is InChI=1S/C17H23N3O/c1-17(2,3)9-12(10-18)16-19-15(20-21-16)14-8-11-6-4-5-7-13(11)14/h4-7,12,14H,8-10,18H2,1-3H3. The molecule has 0 amide bonds. The Morgan fingerprint density at radius 1 is 1.33 bits per heavy atom. The van der Waals surface area contributed by atoms with Crippen LogP contribution in [-0.4, -0.2) is 16.7 Å². The van der Waals surface area contributed by atoms with Gasteiger partial charge in [0.05, 0.1) is 11.8 Å². The van der Waals surface area contributed by atoms with Crippen LogP contribution < -0.4 is 5.73 Å². The van der Waals surface area contributed by atoms with Crippen LogP contribution in [0.25, 0.3) is 0 Å². The Balaban J connectivity index is 1.78. The van der Waals surface area contributed by atoms with Crippen molar-refractivity contribution in [2.45, 2.75) is 45.4 Å². The number of rotatable bonds is 4. The molecule has 21 heavy (non-hydrogen) atoms. The van der Waals surface area contributed by atoms with Gasteiger partial charge in [0.25, 0.3) is 0 Å². The third kappa shape index (κ3) is 2.86. The molecule has 1 aliphatic carbocycles. The molecule has 0 radical (unpaired) electrons. The molecular weight excluding hydrogens is 262 g/mol. The molecular formula is C17H23N3O. The monoisotopic (exact) mass is 285 g/mol. The van der Waals surface area contributed by atoms with E-state index in [0.717, 1.165) is 18.7 Å². The molecule has 1 aromatic heterocycles. The second-order valence-electron chi connectivity index (χ2n) is 7.14. The second-order valence-corrected chi connectivity index (χ2v) is 7.14. The fourth-order valence-electron chi connectivity index (χ4n) is 3.05. The number of benzene rings is 1. The van der Waals surface area contributed by atoms with Gasteiger partial charge in [-0.3, -0.25) is 0 Å². The first kappa shape index (κ1) is 14.3. The van der Waals surface area contributed by atoms with Crippen LogP contribution >= 0.6 is 0 Å². The number of aromatic nitrogens is 2. The Labute approximate surface area is 125 Å². The van der Waals surface area contributed by atoms with Crippen molar-refractivity contribution in [2.75, 3.05) is 6.54 Å². The summed E-state index contributed by atoms with van der Waals surface area (Å²) in [4.78, 5) is 4.63. The highest BCUT2D eigenvalue weighted by Crippen LogP contribution is 2.39. The lowest BCUT2D eigenvalue weighted by molar-refractivity contribution is 0.285. The van der Waals surface area contributed by atoms with Gasteiger partial charge in [0, 0.05) is 6.54 Å². The number of hydrogen-bond donors (Lipinski definition) is 1. The predicted molar refractivity (Wildman–Crippen MR) is 82.2 cm³/mol. The molecule has 112 valence electrons. The smallest absolute Gasteiger partial charge is 0.231 e. The van der Waals surface area contributed by atoms with Gasteiger partial charge >= 0.3 is 0 Å². The van der Waals surface area contributed by atoms with E-state index in [4.69, 9.17) is 10.3 Å². The van der Waals surface area contributed by atoms with E-state index in [1.807, 2.05) is 0 Å². The minimum absolute atomic E-state index is 0.140. The van der Waals surface area contributed by atoms with Gasteiger partial charge in [0.15, 0.2) is 5.82 Å². The van der Waals surface area contributed by atoms with E-state index in [0.29, 0.717) is 12.4 Å². The summed E-state index contributed by atoms with van der Waals surface area (Å²) in [5, 5.41) is 4.19. The van der Waals surface area contributed by atoms with E-state index >= 15 is 0 Å². The molecule has 2 atom stereocenters. The Bertz CT molecular complexity index is 627. The summed E-state index contributed by atoms with van der Waals surface area (Å²) < 4.78 is 5.49. The van der Waals surface area contributed by atoms with Crippen LogP contribution in [0.5, 0.6) is 0 Å². The molecule has 2 aromatic rings. The van der Waals surface area contributed by atoms with Gasteiger partial charge in [-0.15, -0.1) is 0 Å². The predicted octanol–water partition coefficient (Wildman–Crippen LogP) is 3.24. The molecule has 0 fully saturated rings. The van der Waals surface area contributed by atoms with Crippen LogP contribution in [0.2, 0.25) is 0 Å². The minimum Gasteiger partial charge on any atom is -0.339 e. The van der Waals surface area contributed by atoms with Crippen LogP contribution in [-0.2, 0) is 6.42 Å². The summed E-state index contributed by atoms with van der Waals surface area (Å²) >= 11 is 0. The minimum atomic E-state index is 0.140. The summed E-state index contributed by atoms with van der Waals surface area (Å²) in [6.07, 6.45) is 1.95. The van der Waals surface area contributed by atoms with E-state index in [1.165, 1.54) is 11.1 Å². The summed E-state index contributed by atoms with van der Waals surface area (Å²) in [7, 11) is 0. The summed E-state index contributed by atoms with van der Waals surface area (Å²) in [5.41, 5.74) is 8.80. The molecule has 4 heteroatoms. The van der Waals surface area contributed by atoms with Crippen molar-refractivity contribution in [1.82, 2.24) is 10.1 Å². The van der Waals surface area contributed by atoms with Gasteiger partial charge in [-0.2, -0.15) is 4.98 Å². The first-order valence-corrected chi connectivity index (χ1v) is 7.59. The topological polar surface area (TPSA) is 64.9 Å². The molecule has 0 saturated heterocycles. The van der Waals surface area contributed by atoms with E-state index in [-0.39, 0.29) is 17.3 Å². The molecule has 2 N–H and O–H groups in total. The van der Waals surface area contributed by atoms with Crippen molar-refractivity contribution in [3.05, 3.63) is 47.1 Å². The maximum absolute atomic E-state index is 5.89. The largest absolute Gasteiger partial charge is 0.339 e. The summed E-state index contributed by atoms with van der Waals surface area (Å²) in [5.74, 6) is 1.91. The maximum Gasteiger partial charge on any atom is 0.231 e. The molecule has 3 rings (SSSR count). The number of nitrogens with zero attached hydrogens (tertiary/aromatic N) is 2. The van der Waals surface area contributed by atoms with Gasteiger partial charge in [0.1, 0.15) is 0 Å². The van der Waals surface area contributed by atoms with Gasteiger partial charge in [-0.1, -0.05) is 50.2 Å². The Morgan fingerprint density at radius 3 is 2.76 bits per heavy atom. The lowest BCUT2D eigenvalue weighted by Gasteiger charge is -2.27. The SMILES string of the molecule is CC(C)(C)CC(CN)c1nc(C2Cc3ccccc32)no1. The third-order valence-corrected chi connectivity index (χ3v) is 4.12. The fourth-order valence-corrected chi connectivity index (χ4v) is 3.05. The molecule has 0 saturated carbocycles. The highest BCUT2D eigenvalue weighted by atomic mass is 16.5. The van der Waals surface area contributed by atoms with Gasteiger partial charge in [-0.05, 0) is 29.4 Å². The van der Waals surface area contributed by atoms with Crippen LogP contribution in [0.4, 0.5) is 0 Å². The average Bonchev–Trinajstić information content (AvgIpc) is 2.85. The lowest BCUT2D eigenvalue weighted by atomic mass is 9.77. The Kier molecular flexibility index (Phi) is 3.57. The zero-order chi connectivity index (χ0) is 15.0. The van der Waals surface area contributed by atoms with Crippen molar-refractivity contribution in [3.63, 3.8) is 0 Å². The van der Waals surface area contributed by atoms with E-state index in [1.54, 1.807) is 0 Å². The van der Waals surface area contributed by atoms with Crippen LogP contribution in [0.1, 0.15) is 61.9 Å². The van der Waals surface area contributed by atoms with E-state index in [9.17, 15) is 0 Å². The molecule has 1 aliphatic rings. The number of hydrogen-bond acceptors (Lipinski definition) is 4. The molecule has 0 spiro atoms. The molecule has 0 bridgehead atoms. The van der Waals surface area contributed by atoms with Crippen molar-refractivity contribution < 1.29 is 4.52 Å². The Hall–Kier alpha value is -1.68. The normalized spacial score (nSPS) is 19.0. The highest BCUT2D eigenvalue weighted by Gasteiger charge is 2.32. The molecule has 0 aliphatic heterocycles. The van der Waals surface area contributed by atoms with E-state index in [2.05, 4.69) is 55.2 Å². The van der Waals surface area contributed by atoms with Crippen molar-refractivity contribution in [3.8, 4) is 0 Å². The first-order chi connectivity index (χ1) is 9.98. The Morgan fingerprint density at radius 2 is 2.10 bits per heavy atom. The van der Waals surface area contributed by atoms with Crippen LogP contribution in [0, 0.1) is 5.41 Å². The number of nitrogens with two attached hydrogens (primary N) is 1. The molecule has 2 unspecified atom stereocenters. The second kappa shape index (κ2) is 5.26. The maximum atomic E-state index is 5.89. The molecule has 1 heterocycles. The first-order valence-electron chi connectivity index (χ1n) is 7.59. The van der Waals surface area contributed by atoms with Crippen molar-refractivity contribution in [2.24, 2.45) is 11.1 Å². The van der Waals surface area contributed by atoms with Crippen molar-refractivity contribution in [1.29, 1.82) is 0 Å². The summed E-state index contributed by atoms with van der Waals surface area (Å²) in [6, 6.07) is 8.45. The van der Waals surface area contributed by atoms with Crippen molar-refractivity contribution >= 4 is 0 Å².